The highest BCUT2D eigenvalue weighted by atomic mass is 16.2. The minimum absolute atomic E-state index is 0.137. The number of nitrogens with one attached hydrogen (secondary N) is 1. The lowest BCUT2D eigenvalue weighted by atomic mass is 9.79. The van der Waals surface area contributed by atoms with Crippen LogP contribution in [-0.2, 0) is 4.79 Å². The molecular formula is C13H17N3O. The number of anilines is 1. The van der Waals surface area contributed by atoms with E-state index in [1.54, 1.807) is 12.4 Å². The minimum Gasteiger partial charge on any atom is -0.316 e. The van der Waals surface area contributed by atoms with E-state index in [2.05, 4.69) is 10.3 Å². The van der Waals surface area contributed by atoms with E-state index >= 15 is 0 Å². The molecule has 1 unspecified atom stereocenters. The summed E-state index contributed by atoms with van der Waals surface area (Å²) < 4.78 is 0. The van der Waals surface area contributed by atoms with Gasteiger partial charge in [-0.15, -0.1) is 0 Å². The maximum absolute atomic E-state index is 12.5. The zero-order valence-electron chi connectivity index (χ0n) is 9.85. The van der Waals surface area contributed by atoms with Crippen molar-refractivity contribution in [3.63, 3.8) is 0 Å². The molecule has 0 radical (unpaired) electrons. The third kappa shape index (κ3) is 1.72. The summed E-state index contributed by atoms with van der Waals surface area (Å²) >= 11 is 0. The van der Waals surface area contributed by atoms with Gasteiger partial charge in [0.25, 0.3) is 0 Å². The topological polar surface area (TPSA) is 45.2 Å². The molecule has 1 atom stereocenters. The van der Waals surface area contributed by atoms with E-state index in [-0.39, 0.29) is 11.3 Å². The second-order valence-electron chi connectivity index (χ2n) is 4.97. The second-order valence-corrected chi connectivity index (χ2v) is 4.97. The Morgan fingerprint density at radius 2 is 2.12 bits per heavy atom. The van der Waals surface area contributed by atoms with Gasteiger partial charge in [0, 0.05) is 31.2 Å². The van der Waals surface area contributed by atoms with Crippen molar-refractivity contribution in [3.8, 4) is 0 Å². The van der Waals surface area contributed by atoms with Crippen LogP contribution in [0.2, 0.25) is 0 Å². The molecule has 2 saturated heterocycles. The molecule has 0 bridgehead atoms. The highest BCUT2D eigenvalue weighted by molar-refractivity contribution is 6.00. The van der Waals surface area contributed by atoms with Gasteiger partial charge in [-0.05, 0) is 37.9 Å². The lowest BCUT2D eigenvalue weighted by Crippen LogP contribution is -2.45. The molecule has 0 saturated carbocycles. The van der Waals surface area contributed by atoms with Gasteiger partial charge in [-0.3, -0.25) is 9.78 Å². The van der Waals surface area contributed by atoms with Crippen molar-refractivity contribution in [1.82, 2.24) is 10.3 Å². The van der Waals surface area contributed by atoms with Crippen LogP contribution in [0.25, 0.3) is 0 Å². The van der Waals surface area contributed by atoms with Gasteiger partial charge in [-0.25, -0.2) is 0 Å². The summed E-state index contributed by atoms with van der Waals surface area (Å²) in [6, 6.07) is 3.82. The van der Waals surface area contributed by atoms with E-state index in [1.807, 2.05) is 17.0 Å². The maximum atomic E-state index is 12.5. The normalized spacial score (nSPS) is 28.9. The molecule has 90 valence electrons. The summed E-state index contributed by atoms with van der Waals surface area (Å²) in [5.74, 6) is 0.288. The van der Waals surface area contributed by atoms with Crippen LogP contribution in [-0.4, -0.2) is 30.5 Å². The Kier molecular flexibility index (Phi) is 2.59. The minimum atomic E-state index is -0.137. The summed E-state index contributed by atoms with van der Waals surface area (Å²) in [4.78, 5) is 18.5. The number of nitrogens with zero attached hydrogens (tertiary/aromatic N) is 2. The fourth-order valence-corrected chi connectivity index (χ4v) is 2.95. The lowest BCUT2D eigenvalue weighted by Gasteiger charge is -2.32. The smallest absolute Gasteiger partial charge is 0.234 e. The zero-order chi connectivity index (χ0) is 11.7. The Morgan fingerprint density at radius 3 is 2.82 bits per heavy atom. The van der Waals surface area contributed by atoms with Crippen molar-refractivity contribution < 1.29 is 4.79 Å². The average Bonchev–Trinajstić information content (AvgIpc) is 2.70. The first kappa shape index (κ1) is 10.7. The van der Waals surface area contributed by atoms with Gasteiger partial charge in [0.15, 0.2) is 0 Å². The molecule has 3 heterocycles. The Balaban J connectivity index is 1.85. The summed E-state index contributed by atoms with van der Waals surface area (Å²) in [6.07, 6.45) is 6.59. The van der Waals surface area contributed by atoms with Crippen LogP contribution in [0.4, 0.5) is 5.69 Å². The van der Waals surface area contributed by atoms with E-state index in [4.69, 9.17) is 0 Å². The summed E-state index contributed by atoms with van der Waals surface area (Å²) in [5, 5.41) is 3.36. The van der Waals surface area contributed by atoms with Crippen LogP contribution in [0.5, 0.6) is 0 Å². The molecule has 3 rings (SSSR count). The summed E-state index contributed by atoms with van der Waals surface area (Å²) in [5.41, 5.74) is 0.842. The maximum Gasteiger partial charge on any atom is 0.234 e. The molecule has 0 aliphatic carbocycles. The molecule has 17 heavy (non-hydrogen) atoms. The molecule has 1 aromatic rings. The summed E-state index contributed by atoms with van der Waals surface area (Å²) in [6.45, 7) is 2.72. The van der Waals surface area contributed by atoms with Crippen LogP contribution in [0.3, 0.4) is 0 Å². The predicted octanol–water partition coefficient (Wildman–Crippen LogP) is 1.19. The molecule has 4 nitrogen and oxygen atoms in total. The first-order valence-corrected chi connectivity index (χ1v) is 6.25. The molecule has 1 spiro atoms. The zero-order valence-corrected chi connectivity index (χ0v) is 9.85. The number of rotatable bonds is 1. The monoisotopic (exact) mass is 231 g/mol. The number of carbonyl (C=O) groups excluding carboxylic acids is 1. The van der Waals surface area contributed by atoms with Crippen molar-refractivity contribution in [3.05, 3.63) is 24.5 Å². The van der Waals surface area contributed by atoms with Gasteiger partial charge in [-0.1, -0.05) is 0 Å². The van der Waals surface area contributed by atoms with Gasteiger partial charge in [0.1, 0.15) is 0 Å². The molecular weight excluding hydrogens is 214 g/mol. The van der Waals surface area contributed by atoms with Crippen LogP contribution in [0.1, 0.15) is 19.3 Å². The van der Waals surface area contributed by atoms with Gasteiger partial charge >= 0.3 is 0 Å². The molecule has 0 aromatic carbocycles. The van der Waals surface area contributed by atoms with Crippen molar-refractivity contribution in [1.29, 1.82) is 0 Å². The predicted molar refractivity (Wildman–Crippen MR) is 65.7 cm³/mol. The summed E-state index contributed by atoms with van der Waals surface area (Å²) in [7, 11) is 0. The van der Waals surface area contributed by atoms with Crippen molar-refractivity contribution in [2.75, 3.05) is 24.5 Å². The van der Waals surface area contributed by atoms with Crippen LogP contribution < -0.4 is 10.2 Å². The molecule has 1 aromatic heterocycles. The molecule has 1 N–H and O–H groups in total. The molecule has 1 amide bonds. The number of hydrogen-bond donors (Lipinski definition) is 1. The number of amides is 1. The Hall–Kier alpha value is -1.42. The highest BCUT2D eigenvalue weighted by Gasteiger charge is 2.47. The highest BCUT2D eigenvalue weighted by Crippen LogP contribution is 2.39. The average molecular weight is 231 g/mol. The third-order valence-electron chi connectivity index (χ3n) is 3.96. The van der Waals surface area contributed by atoms with Gasteiger partial charge < -0.3 is 10.2 Å². The van der Waals surface area contributed by atoms with E-state index in [1.165, 1.54) is 0 Å². The van der Waals surface area contributed by atoms with Gasteiger partial charge in [-0.2, -0.15) is 0 Å². The Bertz CT molecular complexity index is 412. The SMILES string of the molecule is O=C1N(c2ccncc2)CCC12CCCNC2. The number of aromatic nitrogens is 1. The van der Waals surface area contributed by atoms with E-state index in [9.17, 15) is 4.79 Å². The quantitative estimate of drug-likeness (QED) is 0.789. The van der Waals surface area contributed by atoms with Gasteiger partial charge in [0.2, 0.25) is 5.91 Å². The first-order valence-electron chi connectivity index (χ1n) is 6.25. The Morgan fingerprint density at radius 1 is 1.29 bits per heavy atom. The van der Waals surface area contributed by atoms with E-state index in [0.29, 0.717) is 0 Å². The van der Waals surface area contributed by atoms with Crippen LogP contribution >= 0.6 is 0 Å². The van der Waals surface area contributed by atoms with Crippen molar-refractivity contribution in [2.24, 2.45) is 5.41 Å². The molecule has 2 fully saturated rings. The van der Waals surface area contributed by atoms with Crippen molar-refractivity contribution >= 4 is 11.6 Å². The first-order chi connectivity index (χ1) is 8.32. The van der Waals surface area contributed by atoms with Gasteiger partial charge in [0.05, 0.1) is 5.41 Å². The largest absolute Gasteiger partial charge is 0.316 e. The van der Waals surface area contributed by atoms with Crippen molar-refractivity contribution in [2.45, 2.75) is 19.3 Å². The van der Waals surface area contributed by atoms with E-state index in [0.717, 1.165) is 44.6 Å². The number of piperidine rings is 1. The van der Waals surface area contributed by atoms with Crippen LogP contribution in [0.15, 0.2) is 24.5 Å². The standard InChI is InChI=1S/C13H17N3O/c17-12-13(4-1-6-15-10-13)5-9-16(12)11-2-7-14-8-3-11/h2-3,7-8,15H,1,4-6,9-10H2. The number of carbonyl (C=O) groups is 1. The second kappa shape index (κ2) is 4.11. The fourth-order valence-electron chi connectivity index (χ4n) is 2.95. The molecule has 4 heteroatoms. The molecule has 2 aliphatic heterocycles. The number of pyridine rings is 1. The lowest BCUT2D eigenvalue weighted by molar-refractivity contribution is -0.126. The molecule has 2 aliphatic rings. The van der Waals surface area contributed by atoms with Crippen LogP contribution in [0, 0.1) is 5.41 Å². The fraction of sp³-hybridized carbons (Fsp3) is 0.538. The van der Waals surface area contributed by atoms with E-state index < -0.39 is 0 Å². The Labute approximate surface area is 101 Å². The number of hydrogen-bond acceptors (Lipinski definition) is 3. The third-order valence-corrected chi connectivity index (χ3v) is 3.96.